The predicted octanol–water partition coefficient (Wildman–Crippen LogP) is 0.441. The fourth-order valence-electron chi connectivity index (χ4n) is 1.33. The number of carboxylic acids is 1. The van der Waals surface area contributed by atoms with Crippen molar-refractivity contribution in [3.63, 3.8) is 0 Å². The van der Waals surface area contributed by atoms with Crippen LogP contribution in [0, 0.1) is 0 Å². The van der Waals surface area contributed by atoms with Crippen LogP contribution in [0.25, 0.3) is 0 Å². The summed E-state index contributed by atoms with van der Waals surface area (Å²) in [6.07, 6.45) is 2.49. The molecule has 1 heterocycles. The summed E-state index contributed by atoms with van der Waals surface area (Å²) in [5.41, 5.74) is 1.14. The second kappa shape index (κ2) is 4.32. The first-order valence-electron chi connectivity index (χ1n) is 4.73. The Labute approximate surface area is 89.4 Å². The molecule has 1 atom stereocenters. The van der Waals surface area contributed by atoms with Crippen LogP contribution in [0.5, 0.6) is 0 Å². The van der Waals surface area contributed by atoms with E-state index < -0.39 is 21.2 Å². The van der Waals surface area contributed by atoms with Crippen LogP contribution < -0.4 is 0 Å². The minimum atomic E-state index is -3.70. The average molecular weight is 233 g/mol. The van der Waals surface area contributed by atoms with Crippen molar-refractivity contribution in [3.05, 3.63) is 11.6 Å². The molecule has 15 heavy (non-hydrogen) atoms. The van der Waals surface area contributed by atoms with Crippen LogP contribution in [0.3, 0.4) is 0 Å². The minimum Gasteiger partial charge on any atom is -0.480 e. The Hall–Kier alpha value is -0.880. The lowest BCUT2D eigenvalue weighted by molar-refractivity contribution is -0.136. The van der Waals surface area contributed by atoms with Gasteiger partial charge in [-0.25, -0.2) is 8.42 Å². The summed E-state index contributed by atoms with van der Waals surface area (Å²) in [6, 6.07) is 0. The summed E-state index contributed by atoms with van der Waals surface area (Å²) in [7, 11) is -3.70. The molecule has 0 aromatic rings. The fraction of sp³-hybridized carbons (Fsp3) is 0.667. The topological polar surface area (TPSA) is 74.7 Å². The molecular formula is C9H15NO4S. The molecule has 1 unspecified atom stereocenters. The number of hydrogen-bond donors (Lipinski definition) is 1. The zero-order valence-electron chi connectivity index (χ0n) is 8.80. The van der Waals surface area contributed by atoms with Crippen LogP contribution >= 0.6 is 0 Å². The molecule has 0 amide bonds. The van der Waals surface area contributed by atoms with Gasteiger partial charge in [0.2, 0.25) is 10.0 Å². The molecule has 0 saturated carbocycles. The molecule has 1 aliphatic heterocycles. The molecule has 0 aromatic carbocycles. The van der Waals surface area contributed by atoms with Crippen LogP contribution in [0.15, 0.2) is 11.6 Å². The van der Waals surface area contributed by atoms with Gasteiger partial charge < -0.3 is 5.11 Å². The lowest BCUT2D eigenvalue weighted by Gasteiger charge is -2.26. The molecule has 1 aliphatic rings. The number of sulfonamides is 1. The van der Waals surface area contributed by atoms with Crippen molar-refractivity contribution >= 4 is 16.0 Å². The highest BCUT2D eigenvalue weighted by Crippen LogP contribution is 2.16. The van der Waals surface area contributed by atoms with Gasteiger partial charge >= 0.3 is 5.97 Å². The largest absolute Gasteiger partial charge is 0.480 e. The number of aliphatic carboxylic acids is 1. The molecule has 0 aromatic heterocycles. The van der Waals surface area contributed by atoms with Crippen LogP contribution in [-0.2, 0) is 14.8 Å². The quantitative estimate of drug-likeness (QED) is 0.718. The van der Waals surface area contributed by atoms with Gasteiger partial charge in [-0.3, -0.25) is 4.79 Å². The average Bonchev–Trinajstić information content (AvgIpc) is 2.17. The Morgan fingerprint density at radius 1 is 1.60 bits per heavy atom. The number of carbonyl (C=O) groups is 1. The molecule has 86 valence electrons. The Bertz CT molecular complexity index is 385. The van der Waals surface area contributed by atoms with Crippen LogP contribution in [0.4, 0.5) is 0 Å². The van der Waals surface area contributed by atoms with E-state index >= 15 is 0 Å². The van der Waals surface area contributed by atoms with Crippen LogP contribution in [0.2, 0.25) is 0 Å². The highest BCUT2D eigenvalue weighted by atomic mass is 32.2. The van der Waals surface area contributed by atoms with Gasteiger partial charge in [0.25, 0.3) is 0 Å². The van der Waals surface area contributed by atoms with Crippen molar-refractivity contribution < 1.29 is 18.3 Å². The van der Waals surface area contributed by atoms with Crippen molar-refractivity contribution in [2.45, 2.75) is 25.5 Å². The summed E-state index contributed by atoms with van der Waals surface area (Å²) >= 11 is 0. The summed E-state index contributed by atoms with van der Waals surface area (Å²) in [6.45, 7) is 3.79. The molecule has 5 nitrogen and oxygen atoms in total. The standard InChI is InChI=1S/C9H15NO4S/c1-7-3-5-10(6-4-7)15(13,14)8(2)9(11)12/h3,8H,4-6H2,1-2H3,(H,11,12). The van der Waals surface area contributed by atoms with E-state index in [1.165, 1.54) is 11.2 Å². The molecule has 6 heteroatoms. The fourth-order valence-corrected chi connectivity index (χ4v) is 2.66. The van der Waals surface area contributed by atoms with Gasteiger partial charge in [0.05, 0.1) is 0 Å². The maximum Gasteiger partial charge on any atom is 0.323 e. The van der Waals surface area contributed by atoms with Gasteiger partial charge in [0, 0.05) is 13.1 Å². The van der Waals surface area contributed by atoms with Crippen LogP contribution in [0.1, 0.15) is 20.3 Å². The van der Waals surface area contributed by atoms with Gasteiger partial charge in [-0.05, 0) is 20.3 Å². The third kappa shape index (κ3) is 2.57. The van der Waals surface area contributed by atoms with Crippen molar-refractivity contribution in [1.29, 1.82) is 0 Å². The Morgan fingerprint density at radius 2 is 2.20 bits per heavy atom. The molecule has 0 spiro atoms. The maximum atomic E-state index is 11.7. The third-order valence-corrected chi connectivity index (χ3v) is 4.70. The van der Waals surface area contributed by atoms with E-state index in [-0.39, 0.29) is 6.54 Å². The smallest absolute Gasteiger partial charge is 0.323 e. The summed E-state index contributed by atoms with van der Waals surface area (Å²) in [5, 5.41) is 7.31. The Morgan fingerprint density at radius 3 is 2.60 bits per heavy atom. The van der Waals surface area contributed by atoms with Gasteiger partial charge in [-0.15, -0.1) is 0 Å². The monoisotopic (exact) mass is 233 g/mol. The summed E-state index contributed by atoms with van der Waals surface area (Å²) in [5.74, 6) is -1.30. The zero-order valence-corrected chi connectivity index (χ0v) is 9.62. The first kappa shape index (κ1) is 12.2. The Kier molecular flexibility index (Phi) is 3.51. The van der Waals surface area contributed by atoms with E-state index in [9.17, 15) is 13.2 Å². The first-order valence-corrected chi connectivity index (χ1v) is 6.23. The van der Waals surface area contributed by atoms with Crippen molar-refractivity contribution in [3.8, 4) is 0 Å². The van der Waals surface area contributed by atoms with E-state index in [0.29, 0.717) is 13.0 Å². The van der Waals surface area contributed by atoms with Gasteiger partial charge in [0.1, 0.15) is 0 Å². The molecule has 0 saturated heterocycles. The van der Waals surface area contributed by atoms with E-state index in [1.54, 1.807) is 0 Å². The molecule has 1 N–H and O–H groups in total. The third-order valence-electron chi connectivity index (χ3n) is 2.55. The number of hydrogen-bond acceptors (Lipinski definition) is 3. The molecule has 0 aliphatic carbocycles. The van der Waals surface area contributed by atoms with Crippen molar-refractivity contribution in [2.75, 3.05) is 13.1 Å². The molecular weight excluding hydrogens is 218 g/mol. The van der Waals surface area contributed by atoms with E-state index in [1.807, 2.05) is 13.0 Å². The van der Waals surface area contributed by atoms with E-state index in [2.05, 4.69) is 0 Å². The maximum absolute atomic E-state index is 11.7. The second-order valence-corrected chi connectivity index (χ2v) is 5.94. The molecule has 1 rings (SSSR count). The van der Waals surface area contributed by atoms with Crippen molar-refractivity contribution in [2.24, 2.45) is 0 Å². The van der Waals surface area contributed by atoms with Gasteiger partial charge in [-0.1, -0.05) is 11.6 Å². The van der Waals surface area contributed by atoms with E-state index in [4.69, 9.17) is 5.11 Å². The highest BCUT2D eigenvalue weighted by Gasteiger charge is 2.33. The normalized spacial score (nSPS) is 20.8. The minimum absolute atomic E-state index is 0.284. The first-order chi connectivity index (χ1) is 6.85. The zero-order chi connectivity index (χ0) is 11.6. The SMILES string of the molecule is CC1=CCN(S(=O)(=O)C(C)C(=O)O)CC1. The van der Waals surface area contributed by atoms with E-state index in [0.717, 1.165) is 5.57 Å². The van der Waals surface area contributed by atoms with Gasteiger partial charge in [-0.2, -0.15) is 4.31 Å². The summed E-state index contributed by atoms with van der Waals surface area (Å²) in [4.78, 5) is 10.6. The van der Waals surface area contributed by atoms with Gasteiger partial charge in [0.15, 0.2) is 5.25 Å². The lowest BCUT2D eigenvalue weighted by atomic mass is 10.1. The number of rotatable bonds is 3. The Balaban J connectivity index is 2.84. The lowest BCUT2D eigenvalue weighted by Crippen LogP contribution is -2.43. The number of carboxylic acid groups (broad SMARTS) is 1. The number of nitrogens with zero attached hydrogens (tertiary/aromatic N) is 1. The molecule has 0 radical (unpaired) electrons. The summed E-state index contributed by atoms with van der Waals surface area (Å²) < 4.78 is 24.7. The van der Waals surface area contributed by atoms with Crippen molar-refractivity contribution in [1.82, 2.24) is 4.31 Å². The molecule has 0 bridgehead atoms. The highest BCUT2D eigenvalue weighted by molar-refractivity contribution is 7.90. The molecule has 0 fully saturated rings. The van der Waals surface area contributed by atoms with Crippen LogP contribution in [-0.4, -0.2) is 42.1 Å². The second-order valence-electron chi connectivity index (χ2n) is 3.68. The predicted molar refractivity (Wildman–Crippen MR) is 56.0 cm³/mol.